The van der Waals surface area contributed by atoms with Gasteiger partial charge in [0, 0.05) is 39.6 Å². The minimum atomic E-state index is 0.523. The van der Waals surface area contributed by atoms with Crippen molar-refractivity contribution in [3.8, 4) is 5.95 Å². The van der Waals surface area contributed by atoms with Gasteiger partial charge in [-0.3, -0.25) is 4.57 Å². The molecule has 0 unspecified atom stereocenters. The first-order valence-electron chi connectivity index (χ1n) is 6.44. The van der Waals surface area contributed by atoms with Gasteiger partial charge in [-0.2, -0.15) is 15.0 Å². The Kier molecular flexibility index (Phi) is 4.83. The number of imidazole rings is 1. The average Bonchev–Trinajstić information content (AvgIpc) is 3.02. The molecule has 8 heteroatoms. The van der Waals surface area contributed by atoms with Gasteiger partial charge in [0.05, 0.1) is 6.61 Å². The van der Waals surface area contributed by atoms with Crippen LogP contribution in [0.15, 0.2) is 18.7 Å². The van der Waals surface area contributed by atoms with Gasteiger partial charge in [-0.1, -0.05) is 0 Å². The molecule has 0 aliphatic carbocycles. The van der Waals surface area contributed by atoms with E-state index >= 15 is 0 Å². The number of nitrogens with one attached hydrogen (secondary N) is 1. The predicted molar refractivity (Wildman–Crippen MR) is 76.3 cm³/mol. The van der Waals surface area contributed by atoms with Gasteiger partial charge in [-0.25, -0.2) is 4.98 Å². The zero-order chi connectivity index (χ0) is 14.4. The van der Waals surface area contributed by atoms with Crippen molar-refractivity contribution < 1.29 is 4.74 Å². The lowest BCUT2D eigenvalue weighted by atomic mass is 10.5. The monoisotopic (exact) mass is 277 g/mol. The quantitative estimate of drug-likeness (QED) is 0.792. The number of nitrogens with zero attached hydrogens (tertiary/aromatic N) is 6. The number of anilines is 2. The summed E-state index contributed by atoms with van der Waals surface area (Å²) in [5.41, 5.74) is 0. The normalized spacial score (nSPS) is 10.6. The highest BCUT2D eigenvalue weighted by atomic mass is 16.5. The Morgan fingerprint density at radius 1 is 1.35 bits per heavy atom. The number of ether oxygens (including phenoxy) is 1. The minimum absolute atomic E-state index is 0.523. The minimum Gasteiger partial charge on any atom is -0.383 e. The lowest BCUT2D eigenvalue weighted by Crippen LogP contribution is -2.29. The summed E-state index contributed by atoms with van der Waals surface area (Å²) in [5.74, 6) is 1.68. The molecule has 0 amide bonds. The molecule has 2 heterocycles. The van der Waals surface area contributed by atoms with E-state index in [2.05, 4.69) is 32.2 Å². The fraction of sp³-hybridized carbons (Fsp3) is 0.500. The summed E-state index contributed by atoms with van der Waals surface area (Å²) < 4.78 is 6.86. The number of rotatable bonds is 7. The SMILES string of the molecule is CCN(CCOC)c1nc(NC)nc(-n2ccnc2)n1. The second-order valence-corrected chi connectivity index (χ2v) is 4.05. The fourth-order valence-electron chi connectivity index (χ4n) is 1.70. The second kappa shape index (κ2) is 6.80. The molecule has 2 aromatic heterocycles. The number of methoxy groups -OCH3 is 1. The first-order valence-corrected chi connectivity index (χ1v) is 6.44. The first kappa shape index (κ1) is 14.2. The molecular formula is C12H19N7O. The Morgan fingerprint density at radius 2 is 2.20 bits per heavy atom. The van der Waals surface area contributed by atoms with Crippen LogP contribution < -0.4 is 10.2 Å². The third-order valence-electron chi connectivity index (χ3n) is 2.80. The van der Waals surface area contributed by atoms with Gasteiger partial charge < -0.3 is 15.0 Å². The zero-order valence-electron chi connectivity index (χ0n) is 11.9. The molecule has 0 saturated carbocycles. The maximum Gasteiger partial charge on any atom is 0.241 e. The van der Waals surface area contributed by atoms with E-state index in [4.69, 9.17) is 4.74 Å². The van der Waals surface area contributed by atoms with Gasteiger partial charge in [0.2, 0.25) is 17.8 Å². The Morgan fingerprint density at radius 3 is 2.80 bits per heavy atom. The van der Waals surface area contributed by atoms with Crippen molar-refractivity contribution in [2.45, 2.75) is 6.92 Å². The van der Waals surface area contributed by atoms with E-state index < -0.39 is 0 Å². The van der Waals surface area contributed by atoms with Crippen LogP contribution in [0.4, 0.5) is 11.9 Å². The van der Waals surface area contributed by atoms with E-state index in [0.29, 0.717) is 24.5 Å². The van der Waals surface area contributed by atoms with Gasteiger partial charge in [0.25, 0.3) is 0 Å². The zero-order valence-corrected chi connectivity index (χ0v) is 11.9. The van der Waals surface area contributed by atoms with Crippen molar-refractivity contribution >= 4 is 11.9 Å². The molecule has 8 nitrogen and oxygen atoms in total. The third kappa shape index (κ3) is 3.21. The van der Waals surface area contributed by atoms with E-state index in [1.165, 1.54) is 0 Å². The molecule has 0 aromatic carbocycles. The Bertz CT molecular complexity index is 529. The van der Waals surface area contributed by atoms with Crippen LogP contribution in [0.2, 0.25) is 0 Å². The van der Waals surface area contributed by atoms with E-state index in [1.807, 2.05) is 4.90 Å². The first-order chi connectivity index (χ1) is 9.78. The van der Waals surface area contributed by atoms with Crippen LogP contribution in [-0.4, -0.2) is 58.4 Å². The van der Waals surface area contributed by atoms with Crippen LogP contribution in [0.1, 0.15) is 6.92 Å². The smallest absolute Gasteiger partial charge is 0.241 e. The summed E-state index contributed by atoms with van der Waals surface area (Å²) in [6.45, 7) is 4.19. The fourth-order valence-corrected chi connectivity index (χ4v) is 1.70. The van der Waals surface area contributed by atoms with Crippen molar-refractivity contribution in [3.63, 3.8) is 0 Å². The highest BCUT2D eigenvalue weighted by Crippen LogP contribution is 2.12. The third-order valence-corrected chi connectivity index (χ3v) is 2.80. The molecule has 1 N–H and O–H groups in total. The van der Waals surface area contributed by atoms with E-state index in [0.717, 1.165) is 13.1 Å². The maximum absolute atomic E-state index is 5.11. The molecule has 0 saturated heterocycles. The highest BCUT2D eigenvalue weighted by molar-refractivity contribution is 5.39. The van der Waals surface area contributed by atoms with Crippen LogP contribution in [0.3, 0.4) is 0 Å². The van der Waals surface area contributed by atoms with Crippen LogP contribution in [0.25, 0.3) is 5.95 Å². The molecule has 0 fully saturated rings. The summed E-state index contributed by atoms with van der Waals surface area (Å²) in [6.07, 6.45) is 5.14. The van der Waals surface area contributed by atoms with Crippen molar-refractivity contribution in [1.29, 1.82) is 0 Å². The second-order valence-electron chi connectivity index (χ2n) is 4.05. The molecule has 0 aliphatic rings. The molecule has 108 valence electrons. The van der Waals surface area contributed by atoms with Gasteiger partial charge >= 0.3 is 0 Å². The van der Waals surface area contributed by atoms with E-state index in [-0.39, 0.29) is 0 Å². The Labute approximate surface area is 117 Å². The molecule has 0 bridgehead atoms. The van der Waals surface area contributed by atoms with Crippen LogP contribution in [-0.2, 0) is 4.74 Å². The number of aromatic nitrogens is 5. The molecule has 20 heavy (non-hydrogen) atoms. The number of likely N-dealkylation sites (N-methyl/N-ethyl adjacent to an activating group) is 1. The van der Waals surface area contributed by atoms with E-state index in [1.54, 1.807) is 37.4 Å². The highest BCUT2D eigenvalue weighted by Gasteiger charge is 2.12. The lowest BCUT2D eigenvalue weighted by molar-refractivity contribution is 0.205. The lowest BCUT2D eigenvalue weighted by Gasteiger charge is -2.21. The molecule has 0 spiro atoms. The van der Waals surface area contributed by atoms with Crippen molar-refractivity contribution in [3.05, 3.63) is 18.7 Å². The van der Waals surface area contributed by atoms with Crippen molar-refractivity contribution in [1.82, 2.24) is 24.5 Å². The summed E-state index contributed by atoms with van der Waals surface area (Å²) in [7, 11) is 3.46. The number of hydrogen-bond acceptors (Lipinski definition) is 7. The van der Waals surface area contributed by atoms with Crippen LogP contribution in [0.5, 0.6) is 0 Å². The molecule has 0 radical (unpaired) electrons. The summed E-state index contributed by atoms with van der Waals surface area (Å²) in [4.78, 5) is 19.2. The molecule has 2 aromatic rings. The van der Waals surface area contributed by atoms with Gasteiger partial charge in [-0.05, 0) is 6.92 Å². The summed E-state index contributed by atoms with van der Waals surface area (Å²) >= 11 is 0. The molecular weight excluding hydrogens is 258 g/mol. The number of hydrogen-bond donors (Lipinski definition) is 1. The van der Waals surface area contributed by atoms with Crippen LogP contribution in [0, 0.1) is 0 Å². The standard InChI is InChI=1S/C12H19N7O/c1-4-18(7-8-20-3)11-15-10(13-2)16-12(17-11)19-6-5-14-9-19/h5-6,9H,4,7-8H2,1-3H3,(H,13,15,16,17). The van der Waals surface area contributed by atoms with Gasteiger partial charge in [0.1, 0.15) is 6.33 Å². The van der Waals surface area contributed by atoms with Crippen molar-refractivity contribution in [2.24, 2.45) is 0 Å². The Hall–Kier alpha value is -2.22. The Balaban J connectivity index is 2.34. The van der Waals surface area contributed by atoms with Crippen LogP contribution >= 0.6 is 0 Å². The molecule has 0 atom stereocenters. The van der Waals surface area contributed by atoms with Crippen molar-refractivity contribution in [2.75, 3.05) is 44.1 Å². The molecule has 2 rings (SSSR count). The largest absolute Gasteiger partial charge is 0.383 e. The topological polar surface area (TPSA) is 81.0 Å². The molecule has 0 aliphatic heterocycles. The summed E-state index contributed by atoms with van der Waals surface area (Å²) in [6, 6.07) is 0. The van der Waals surface area contributed by atoms with Gasteiger partial charge in [0.15, 0.2) is 0 Å². The van der Waals surface area contributed by atoms with Gasteiger partial charge in [-0.15, -0.1) is 0 Å². The average molecular weight is 277 g/mol. The maximum atomic E-state index is 5.11. The van der Waals surface area contributed by atoms with E-state index in [9.17, 15) is 0 Å². The predicted octanol–water partition coefficient (Wildman–Crippen LogP) is 0.572. The summed E-state index contributed by atoms with van der Waals surface area (Å²) in [5, 5.41) is 2.95.